The molecular weight excluding hydrogens is 260 g/mol. The Morgan fingerprint density at radius 1 is 1.47 bits per heavy atom. The number of rotatable bonds is 1. The number of aromatic nitrogens is 2. The second-order valence-corrected chi connectivity index (χ2v) is 3.97. The molecule has 0 amide bonds. The average molecular weight is 267 g/mol. The molecule has 15 heavy (non-hydrogen) atoms. The average Bonchev–Trinajstić information content (AvgIpc) is 2.16. The van der Waals surface area contributed by atoms with E-state index in [2.05, 4.69) is 25.9 Å². The summed E-state index contributed by atoms with van der Waals surface area (Å²) >= 11 is 3.31. The van der Waals surface area contributed by atoms with Crippen molar-refractivity contribution >= 4 is 32.8 Å². The van der Waals surface area contributed by atoms with Gasteiger partial charge in [0.05, 0.1) is 23.0 Å². The number of carboxylic acid groups (broad SMARTS) is 1. The number of pyridine rings is 2. The van der Waals surface area contributed by atoms with Crippen molar-refractivity contribution in [1.29, 1.82) is 0 Å². The lowest BCUT2D eigenvalue weighted by Gasteiger charge is -2.04. The molecule has 0 fully saturated rings. The molecule has 2 aromatic rings. The summed E-state index contributed by atoms with van der Waals surface area (Å²) in [6.07, 6.45) is 3.23. The molecule has 0 bridgehead atoms. The minimum absolute atomic E-state index is 0.217. The number of carboxylic acids is 1. The van der Waals surface area contributed by atoms with E-state index in [9.17, 15) is 4.79 Å². The van der Waals surface area contributed by atoms with Crippen LogP contribution in [0.25, 0.3) is 10.9 Å². The van der Waals surface area contributed by atoms with E-state index in [-0.39, 0.29) is 5.56 Å². The van der Waals surface area contributed by atoms with Gasteiger partial charge in [0.25, 0.3) is 0 Å². The lowest BCUT2D eigenvalue weighted by Crippen LogP contribution is -2.02. The Bertz CT molecular complexity index is 554. The number of hydrogen-bond donors (Lipinski definition) is 1. The lowest BCUT2D eigenvalue weighted by atomic mass is 10.1. The van der Waals surface area contributed by atoms with E-state index in [1.54, 1.807) is 25.4 Å². The standard InChI is InChI=1S/C10H7BrN2O2/c1-5-6(10(14)15)2-7-8(11)3-12-4-9(7)13-5/h2-4H,1H3,(H,14,15). The van der Waals surface area contributed by atoms with Crippen molar-refractivity contribution in [3.8, 4) is 0 Å². The summed E-state index contributed by atoms with van der Waals surface area (Å²) in [6, 6.07) is 1.60. The van der Waals surface area contributed by atoms with Gasteiger partial charge in [0, 0.05) is 16.1 Å². The maximum atomic E-state index is 10.9. The van der Waals surface area contributed by atoms with Gasteiger partial charge in [0.15, 0.2) is 0 Å². The fraction of sp³-hybridized carbons (Fsp3) is 0.100. The third-order valence-electron chi connectivity index (χ3n) is 2.11. The van der Waals surface area contributed by atoms with Crippen LogP contribution in [0.3, 0.4) is 0 Å². The van der Waals surface area contributed by atoms with Crippen LogP contribution in [-0.2, 0) is 0 Å². The fourth-order valence-electron chi connectivity index (χ4n) is 1.37. The zero-order chi connectivity index (χ0) is 11.0. The van der Waals surface area contributed by atoms with E-state index in [0.717, 1.165) is 9.86 Å². The monoisotopic (exact) mass is 266 g/mol. The summed E-state index contributed by atoms with van der Waals surface area (Å²) in [5, 5.41) is 9.70. The maximum absolute atomic E-state index is 10.9. The first-order valence-electron chi connectivity index (χ1n) is 4.24. The van der Waals surface area contributed by atoms with Crippen LogP contribution in [0.1, 0.15) is 16.1 Å². The van der Waals surface area contributed by atoms with Gasteiger partial charge in [-0.2, -0.15) is 0 Å². The van der Waals surface area contributed by atoms with Crippen LogP contribution < -0.4 is 0 Å². The highest BCUT2D eigenvalue weighted by molar-refractivity contribution is 9.10. The van der Waals surface area contributed by atoms with Crippen LogP contribution in [0, 0.1) is 6.92 Å². The number of hydrogen-bond acceptors (Lipinski definition) is 3. The molecule has 0 atom stereocenters. The molecule has 76 valence electrons. The molecule has 4 nitrogen and oxygen atoms in total. The van der Waals surface area contributed by atoms with Crippen molar-refractivity contribution in [2.24, 2.45) is 0 Å². The quantitative estimate of drug-likeness (QED) is 0.861. The Hall–Kier alpha value is -1.49. The zero-order valence-corrected chi connectivity index (χ0v) is 9.45. The summed E-state index contributed by atoms with van der Waals surface area (Å²) in [4.78, 5) is 19.1. The van der Waals surface area contributed by atoms with E-state index in [4.69, 9.17) is 5.11 Å². The van der Waals surface area contributed by atoms with Crippen LogP contribution in [0.15, 0.2) is 22.9 Å². The Kier molecular flexibility index (Phi) is 2.40. The highest BCUT2D eigenvalue weighted by Crippen LogP contribution is 2.23. The number of aromatic carboxylic acids is 1. The van der Waals surface area contributed by atoms with Gasteiger partial charge in [-0.3, -0.25) is 9.97 Å². The van der Waals surface area contributed by atoms with Crippen LogP contribution in [-0.4, -0.2) is 21.0 Å². The Morgan fingerprint density at radius 3 is 2.87 bits per heavy atom. The first-order valence-corrected chi connectivity index (χ1v) is 5.03. The second-order valence-electron chi connectivity index (χ2n) is 3.11. The van der Waals surface area contributed by atoms with Crippen molar-refractivity contribution in [1.82, 2.24) is 9.97 Å². The molecule has 0 aromatic carbocycles. The lowest BCUT2D eigenvalue weighted by molar-refractivity contribution is 0.0696. The molecule has 0 unspecified atom stereocenters. The van der Waals surface area contributed by atoms with E-state index < -0.39 is 5.97 Å². The van der Waals surface area contributed by atoms with Gasteiger partial charge in [-0.15, -0.1) is 0 Å². The maximum Gasteiger partial charge on any atom is 0.337 e. The molecule has 2 rings (SSSR count). The van der Waals surface area contributed by atoms with Gasteiger partial charge < -0.3 is 5.11 Å². The summed E-state index contributed by atoms with van der Waals surface area (Å²) in [5.74, 6) is -0.967. The second kappa shape index (κ2) is 3.58. The molecule has 0 saturated carbocycles. The molecule has 5 heteroatoms. The minimum atomic E-state index is -0.967. The molecule has 0 aliphatic rings. The number of nitrogens with zero attached hydrogens (tertiary/aromatic N) is 2. The highest BCUT2D eigenvalue weighted by Gasteiger charge is 2.11. The van der Waals surface area contributed by atoms with Crippen molar-refractivity contribution in [2.45, 2.75) is 6.92 Å². The van der Waals surface area contributed by atoms with E-state index in [1.807, 2.05) is 0 Å². The first-order chi connectivity index (χ1) is 7.09. The fourth-order valence-corrected chi connectivity index (χ4v) is 1.81. The van der Waals surface area contributed by atoms with Gasteiger partial charge in [-0.1, -0.05) is 0 Å². The summed E-state index contributed by atoms with van der Waals surface area (Å²) in [5.41, 5.74) is 1.40. The Balaban J connectivity index is 2.83. The summed E-state index contributed by atoms with van der Waals surface area (Å²) in [6.45, 7) is 1.67. The molecular formula is C10H7BrN2O2. The normalized spacial score (nSPS) is 10.5. The number of carbonyl (C=O) groups is 1. The predicted molar refractivity (Wildman–Crippen MR) is 58.9 cm³/mol. The molecule has 0 spiro atoms. The largest absolute Gasteiger partial charge is 0.478 e. The zero-order valence-electron chi connectivity index (χ0n) is 7.86. The predicted octanol–water partition coefficient (Wildman–Crippen LogP) is 2.40. The molecule has 0 aliphatic carbocycles. The smallest absolute Gasteiger partial charge is 0.337 e. The summed E-state index contributed by atoms with van der Waals surface area (Å²) < 4.78 is 0.745. The molecule has 0 radical (unpaired) electrons. The molecule has 2 aromatic heterocycles. The molecule has 1 N–H and O–H groups in total. The first kappa shape index (κ1) is 10.0. The Morgan fingerprint density at radius 2 is 2.20 bits per heavy atom. The van der Waals surface area contributed by atoms with Crippen LogP contribution in [0.4, 0.5) is 0 Å². The van der Waals surface area contributed by atoms with Crippen LogP contribution >= 0.6 is 15.9 Å². The molecule has 0 saturated heterocycles. The van der Waals surface area contributed by atoms with Gasteiger partial charge in [-0.05, 0) is 28.9 Å². The molecule has 2 heterocycles. The van der Waals surface area contributed by atoms with Crippen molar-refractivity contribution in [3.63, 3.8) is 0 Å². The van der Waals surface area contributed by atoms with E-state index in [0.29, 0.717) is 11.2 Å². The third kappa shape index (κ3) is 1.70. The van der Waals surface area contributed by atoms with Gasteiger partial charge in [-0.25, -0.2) is 4.79 Å². The number of aryl methyl sites for hydroxylation is 1. The molecule has 0 aliphatic heterocycles. The summed E-state index contributed by atoms with van der Waals surface area (Å²) in [7, 11) is 0. The van der Waals surface area contributed by atoms with E-state index >= 15 is 0 Å². The topological polar surface area (TPSA) is 63.1 Å². The van der Waals surface area contributed by atoms with Gasteiger partial charge in [0.2, 0.25) is 0 Å². The van der Waals surface area contributed by atoms with Crippen molar-refractivity contribution in [2.75, 3.05) is 0 Å². The van der Waals surface area contributed by atoms with Crippen LogP contribution in [0.2, 0.25) is 0 Å². The van der Waals surface area contributed by atoms with Crippen LogP contribution in [0.5, 0.6) is 0 Å². The number of halogens is 1. The van der Waals surface area contributed by atoms with E-state index in [1.165, 1.54) is 0 Å². The van der Waals surface area contributed by atoms with Crippen molar-refractivity contribution in [3.05, 3.63) is 34.2 Å². The Labute approximate surface area is 94.1 Å². The van der Waals surface area contributed by atoms with Gasteiger partial charge >= 0.3 is 5.97 Å². The minimum Gasteiger partial charge on any atom is -0.478 e. The number of fused-ring (bicyclic) bond motifs is 1. The highest BCUT2D eigenvalue weighted by atomic mass is 79.9. The third-order valence-corrected chi connectivity index (χ3v) is 2.75. The van der Waals surface area contributed by atoms with Crippen molar-refractivity contribution < 1.29 is 9.90 Å². The van der Waals surface area contributed by atoms with Gasteiger partial charge in [0.1, 0.15) is 0 Å². The SMILES string of the molecule is Cc1nc2cncc(Br)c2cc1C(=O)O.